The van der Waals surface area contributed by atoms with Crippen molar-refractivity contribution in [3.8, 4) is 17.2 Å². The fourth-order valence-electron chi connectivity index (χ4n) is 4.09. The Hall–Kier alpha value is -3.31. The van der Waals surface area contributed by atoms with Crippen LogP contribution in [0.3, 0.4) is 0 Å². The van der Waals surface area contributed by atoms with Crippen molar-refractivity contribution in [3.05, 3.63) is 89.0 Å². The van der Waals surface area contributed by atoms with Gasteiger partial charge in [0.1, 0.15) is 11.9 Å². The second-order valence-corrected chi connectivity index (χ2v) is 7.86. The summed E-state index contributed by atoms with van der Waals surface area (Å²) in [6.07, 6.45) is 1.40. The number of aromatic hydroxyl groups is 1. The third kappa shape index (κ3) is 4.63. The first-order chi connectivity index (χ1) is 15.6. The van der Waals surface area contributed by atoms with E-state index in [0.717, 1.165) is 34.6 Å². The highest BCUT2D eigenvalue weighted by atomic mass is 16.5. The van der Waals surface area contributed by atoms with Crippen molar-refractivity contribution in [2.45, 2.75) is 38.9 Å². The first-order valence-corrected chi connectivity index (χ1v) is 11.1. The van der Waals surface area contributed by atoms with Gasteiger partial charge in [-0.2, -0.15) is 0 Å². The van der Waals surface area contributed by atoms with Crippen LogP contribution in [0.4, 0.5) is 0 Å². The summed E-state index contributed by atoms with van der Waals surface area (Å²) in [5.74, 6) is 1.47. The Kier molecular flexibility index (Phi) is 6.76. The Labute approximate surface area is 189 Å². The monoisotopic (exact) mass is 430 g/mol. The maximum Gasteiger partial charge on any atom is 0.162 e. The van der Waals surface area contributed by atoms with Crippen LogP contribution >= 0.6 is 0 Å². The van der Waals surface area contributed by atoms with Gasteiger partial charge in [-0.15, -0.1) is 0 Å². The number of hydrogen-bond acceptors (Lipinski definition) is 5. The Morgan fingerprint density at radius 1 is 1.03 bits per heavy atom. The molecule has 166 valence electrons. The average Bonchev–Trinajstić information content (AvgIpc) is 2.85. The lowest BCUT2D eigenvalue weighted by Gasteiger charge is -2.31. The number of phenolic OH excluding ortho intramolecular Hbond substituents is 1. The van der Waals surface area contributed by atoms with Crippen LogP contribution in [0.5, 0.6) is 17.2 Å². The summed E-state index contributed by atoms with van der Waals surface area (Å²) in [5, 5.41) is 14.5. The van der Waals surface area contributed by atoms with Crippen LogP contribution in [0.1, 0.15) is 54.7 Å². The number of rotatable bonds is 7. The van der Waals surface area contributed by atoms with E-state index in [1.54, 1.807) is 13.2 Å². The van der Waals surface area contributed by atoms with Crippen molar-refractivity contribution in [1.82, 2.24) is 5.32 Å². The molecule has 0 aromatic heterocycles. The van der Waals surface area contributed by atoms with Crippen LogP contribution in [-0.2, 0) is 6.42 Å². The van der Waals surface area contributed by atoms with Crippen LogP contribution in [0.15, 0.2) is 71.7 Å². The molecule has 0 unspecified atom stereocenters. The summed E-state index contributed by atoms with van der Waals surface area (Å²) in [4.78, 5) is 5.05. The van der Waals surface area contributed by atoms with Gasteiger partial charge in [0.2, 0.25) is 0 Å². The summed E-state index contributed by atoms with van der Waals surface area (Å²) in [6, 6.07) is 22.1. The molecule has 0 spiro atoms. The Morgan fingerprint density at radius 2 is 1.81 bits per heavy atom. The van der Waals surface area contributed by atoms with E-state index in [4.69, 9.17) is 14.5 Å². The standard InChI is InChI=1S/C27H30N2O3/c1-4-18-12-14-19(15-13-18)23-17-24(22-10-7-11-25(26(22)30)32-5-2)29-27(28-23)20-8-6-9-21(16-20)31-3/h6-16,24,27,29-30H,4-5,17H2,1-3H3/t24-,27-/m0/s1. The van der Waals surface area contributed by atoms with Crippen molar-refractivity contribution in [2.24, 2.45) is 4.99 Å². The van der Waals surface area contributed by atoms with Crippen molar-refractivity contribution >= 4 is 5.71 Å². The van der Waals surface area contributed by atoms with Crippen LogP contribution in [0.25, 0.3) is 0 Å². The second kappa shape index (κ2) is 9.88. The van der Waals surface area contributed by atoms with E-state index in [1.807, 2.05) is 43.3 Å². The van der Waals surface area contributed by atoms with Gasteiger partial charge >= 0.3 is 0 Å². The number of aliphatic imine (C=N–C) groups is 1. The highest BCUT2D eigenvalue weighted by Crippen LogP contribution is 2.39. The van der Waals surface area contributed by atoms with Gasteiger partial charge in [-0.3, -0.25) is 10.3 Å². The van der Waals surface area contributed by atoms with Crippen molar-refractivity contribution in [1.29, 1.82) is 0 Å². The lowest BCUT2D eigenvalue weighted by atomic mass is 9.93. The highest BCUT2D eigenvalue weighted by molar-refractivity contribution is 6.01. The zero-order valence-corrected chi connectivity index (χ0v) is 18.8. The minimum absolute atomic E-state index is 0.120. The van der Waals surface area contributed by atoms with Crippen LogP contribution in [-0.4, -0.2) is 24.5 Å². The Balaban J connectivity index is 1.75. The van der Waals surface area contributed by atoms with Crippen LogP contribution in [0, 0.1) is 0 Å². The molecule has 5 heteroatoms. The van der Waals surface area contributed by atoms with E-state index in [0.29, 0.717) is 18.8 Å². The van der Waals surface area contributed by atoms with Gasteiger partial charge < -0.3 is 14.6 Å². The van der Waals surface area contributed by atoms with Gasteiger partial charge in [-0.1, -0.05) is 55.5 Å². The molecule has 32 heavy (non-hydrogen) atoms. The molecule has 0 aliphatic carbocycles. The fraction of sp³-hybridized carbons (Fsp3) is 0.296. The zero-order valence-electron chi connectivity index (χ0n) is 18.8. The Morgan fingerprint density at radius 3 is 2.53 bits per heavy atom. The largest absolute Gasteiger partial charge is 0.504 e. The van der Waals surface area contributed by atoms with Gasteiger partial charge in [0.25, 0.3) is 0 Å². The van der Waals surface area contributed by atoms with Gasteiger partial charge in [0, 0.05) is 23.7 Å². The van der Waals surface area contributed by atoms with E-state index >= 15 is 0 Å². The Bertz CT molecular complexity index is 1090. The molecule has 2 atom stereocenters. The van der Waals surface area contributed by atoms with E-state index in [1.165, 1.54) is 5.56 Å². The van der Waals surface area contributed by atoms with E-state index in [9.17, 15) is 5.11 Å². The number of para-hydroxylation sites is 1. The predicted molar refractivity (Wildman–Crippen MR) is 128 cm³/mol. The number of benzene rings is 3. The minimum Gasteiger partial charge on any atom is -0.504 e. The van der Waals surface area contributed by atoms with Crippen molar-refractivity contribution < 1.29 is 14.6 Å². The van der Waals surface area contributed by atoms with Gasteiger partial charge in [-0.05, 0) is 48.2 Å². The highest BCUT2D eigenvalue weighted by Gasteiger charge is 2.28. The first-order valence-electron chi connectivity index (χ1n) is 11.1. The number of methoxy groups -OCH3 is 1. The lowest BCUT2D eigenvalue weighted by Crippen LogP contribution is -2.33. The molecule has 1 heterocycles. The van der Waals surface area contributed by atoms with E-state index < -0.39 is 0 Å². The van der Waals surface area contributed by atoms with E-state index in [-0.39, 0.29) is 18.0 Å². The maximum atomic E-state index is 10.9. The zero-order chi connectivity index (χ0) is 22.5. The third-order valence-electron chi connectivity index (χ3n) is 5.85. The number of phenols is 1. The molecular weight excluding hydrogens is 400 g/mol. The number of ether oxygens (including phenoxy) is 2. The molecule has 1 aliphatic rings. The molecule has 4 rings (SSSR count). The normalized spacial score (nSPS) is 18.2. The van der Waals surface area contributed by atoms with Crippen LogP contribution in [0.2, 0.25) is 0 Å². The molecular formula is C27H30N2O3. The van der Waals surface area contributed by atoms with Gasteiger partial charge in [-0.25, -0.2) is 0 Å². The van der Waals surface area contributed by atoms with Crippen molar-refractivity contribution in [2.75, 3.05) is 13.7 Å². The van der Waals surface area contributed by atoms with Crippen LogP contribution < -0.4 is 14.8 Å². The number of aryl methyl sites for hydroxylation is 1. The summed E-state index contributed by atoms with van der Waals surface area (Å²) < 4.78 is 11.0. The molecule has 1 aliphatic heterocycles. The third-order valence-corrected chi connectivity index (χ3v) is 5.85. The topological polar surface area (TPSA) is 63.1 Å². The molecule has 0 radical (unpaired) electrons. The number of nitrogens with one attached hydrogen (secondary N) is 1. The molecule has 3 aromatic rings. The molecule has 0 fully saturated rings. The lowest BCUT2D eigenvalue weighted by molar-refractivity contribution is 0.313. The number of hydrogen-bond donors (Lipinski definition) is 2. The molecule has 0 saturated carbocycles. The average molecular weight is 431 g/mol. The first kappa shape index (κ1) is 21.9. The molecule has 2 N–H and O–H groups in total. The number of nitrogens with zero attached hydrogens (tertiary/aromatic N) is 1. The summed E-state index contributed by atoms with van der Waals surface area (Å²) in [7, 11) is 1.66. The fourth-order valence-corrected chi connectivity index (χ4v) is 4.09. The van der Waals surface area contributed by atoms with Gasteiger partial charge in [0.05, 0.1) is 13.7 Å². The SMILES string of the molecule is CCOc1cccc([C@@H]2CC(c3ccc(CC)cc3)=N[C@H](c3cccc(OC)c3)N2)c1O. The predicted octanol–water partition coefficient (Wildman–Crippen LogP) is 5.58. The molecule has 3 aromatic carbocycles. The van der Waals surface area contributed by atoms with Gasteiger partial charge in [0.15, 0.2) is 11.5 Å². The molecule has 5 nitrogen and oxygen atoms in total. The van der Waals surface area contributed by atoms with Crippen molar-refractivity contribution in [3.63, 3.8) is 0 Å². The smallest absolute Gasteiger partial charge is 0.162 e. The summed E-state index contributed by atoms with van der Waals surface area (Å²) in [5.41, 5.74) is 5.22. The molecule has 0 saturated heterocycles. The molecule has 0 bridgehead atoms. The second-order valence-electron chi connectivity index (χ2n) is 7.86. The quantitative estimate of drug-likeness (QED) is 0.513. The summed E-state index contributed by atoms with van der Waals surface area (Å²) >= 11 is 0. The molecule has 0 amide bonds. The van der Waals surface area contributed by atoms with E-state index in [2.05, 4.69) is 36.5 Å². The maximum absolute atomic E-state index is 10.9. The summed E-state index contributed by atoms with van der Waals surface area (Å²) in [6.45, 7) is 4.56. The minimum atomic E-state index is -0.264.